The first kappa shape index (κ1) is 11.2. The van der Waals surface area contributed by atoms with E-state index >= 15 is 0 Å². The number of benzene rings is 1. The van der Waals surface area contributed by atoms with E-state index in [9.17, 15) is 4.79 Å². The lowest BCUT2D eigenvalue weighted by Crippen LogP contribution is -2.21. The molecule has 0 spiro atoms. The second-order valence-electron chi connectivity index (χ2n) is 3.70. The summed E-state index contributed by atoms with van der Waals surface area (Å²) in [7, 11) is 0. The molecule has 1 aromatic rings. The Morgan fingerprint density at radius 3 is 2.80 bits per heavy atom. The minimum atomic E-state index is 0.178. The van der Waals surface area contributed by atoms with Crippen molar-refractivity contribution < 1.29 is 4.79 Å². The molecule has 0 aliphatic carbocycles. The molecule has 0 amide bonds. The second-order valence-corrected chi connectivity index (χ2v) is 5.86. The fourth-order valence-corrected chi connectivity index (χ4v) is 3.53. The number of Topliss-reactive ketones (excluding diaryl/α,β-unsaturated/α-hetero) is 1. The molecule has 0 aromatic heterocycles. The molecule has 1 aromatic carbocycles. The van der Waals surface area contributed by atoms with Gasteiger partial charge in [0, 0.05) is 10.0 Å². The molecule has 0 bridgehead atoms. The number of thioether (sulfide) groups is 1. The summed E-state index contributed by atoms with van der Waals surface area (Å²) >= 11 is 5.24. The molecule has 1 aliphatic heterocycles. The molecule has 1 fully saturated rings. The Labute approximate surface area is 103 Å². The predicted octanol–water partition coefficient (Wildman–Crippen LogP) is 3.92. The average Bonchev–Trinajstić information content (AvgIpc) is 2.30. The van der Waals surface area contributed by atoms with E-state index in [0.29, 0.717) is 0 Å². The number of rotatable bonds is 2. The lowest BCUT2D eigenvalue weighted by atomic mass is 10.0. The van der Waals surface area contributed by atoms with Gasteiger partial charge in [-0.2, -0.15) is 11.8 Å². The maximum atomic E-state index is 12.2. The number of halogens is 1. The van der Waals surface area contributed by atoms with Crippen LogP contribution in [0, 0.1) is 0 Å². The van der Waals surface area contributed by atoms with Crippen LogP contribution in [0.3, 0.4) is 0 Å². The third kappa shape index (κ3) is 2.64. The monoisotopic (exact) mass is 284 g/mol. The minimum Gasteiger partial charge on any atom is -0.293 e. The summed E-state index contributed by atoms with van der Waals surface area (Å²) in [6.07, 6.45) is 3.48. The largest absolute Gasteiger partial charge is 0.293 e. The third-order valence-corrected chi connectivity index (χ3v) is 4.68. The van der Waals surface area contributed by atoms with Crippen LogP contribution in [-0.4, -0.2) is 16.8 Å². The third-order valence-electron chi connectivity index (χ3n) is 2.61. The van der Waals surface area contributed by atoms with E-state index in [1.165, 1.54) is 12.8 Å². The summed E-state index contributed by atoms with van der Waals surface area (Å²) in [4.78, 5) is 12.2. The SMILES string of the molecule is O=C(c1ccccc1Br)C1CCCCS1. The van der Waals surface area contributed by atoms with Crippen LogP contribution in [0.1, 0.15) is 29.6 Å². The van der Waals surface area contributed by atoms with Gasteiger partial charge in [-0.25, -0.2) is 0 Å². The number of ketones is 1. The van der Waals surface area contributed by atoms with Crippen LogP contribution in [-0.2, 0) is 0 Å². The molecule has 1 atom stereocenters. The molecular weight excluding hydrogens is 272 g/mol. The van der Waals surface area contributed by atoms with E-state index in [-0.39, 0.29) is 11.0 Å². The maximum absolute atomic E-state index is 12.2. The molecule has 1 aliphatic rings. The zero-order valence-corrected chi connectivity index (χ0v) is 10.8. The lowest BCUT2D eigenvalue weighted by molar-refractivity contribution is 0.0984. The summed E-state index contributed by atoms with van der Waals surface area (Å²) in [5.41, 5.74) is 0.830. The Bertz CT molecular complexity index is 358. The van der Waals surface area contributed by atoms with E-state index < -0.39 is 0 Å². The number of carbonyl (C=O) groups excluding carboxylic acids is 1. The van der Waals surface area contributed by atoms with E-state index in [1.807, 2.05) is 24.3 Å². The van der Waals surface area contributed by atoms with Crippen molar-refractivity contribution >= 4 is 33.5 Å². The van der Waals surface area contributed by atoms with E-state index in [0.717, 1.165) is 22.2 Å². The van der Waals surface area contributed by atoms with Crippen molar-refractivity contribution in [2.75, 3.05) is 5.75 Å². The fourth-order valence-electron chi connectivity index (χ4n) is 1.78. The van der Waals surface area contributed by atoms with Gasteiger partial charge in [0.2, 0.25) is 0 Å². The quantitative estimate of drug-likeness (QED) is 0.766. The first-order valence-corrected chi connectivity index (χ1v) is 7.03. The first-order valence-electron chi connectivity index (χ1n) is 5.19. The number of carbonyl (C=O) groups is 1. The smallest absolute Gasteiger partial charge is 0.176 e. The predicted molar refractivity (Wildman–Crippen MR) is 68.6 cm³/mol. The summed E-state index contributed by atoms with van der Waals surface area (Å²) in [5.74, 6) is 1.41. The molecule has 0 radical (unpaired) electrons. The van der Waals surface area contributed by atoms with Gasteiger partial charge in [0.25, 0.3) is 0 Å². The minimum absolute atomic E-state index is 0.178. The molecule has 1 heterocycles. The van der Waals surface area contributed by atoms with Crippen molar-refractivity contribution in [1.29, 1.82) is 0 Å². The Balaban J connectivity index is 2.16. The van der Waals surface area contributed by atoms with Gasteiger partial charge in [0.15, 0.2) is 5.78 Å². The van der Waals surface area contributed by atoms with Crippen LogP contribution in [0.15, 0.2) is 28.7 Å². The Morgan fingerprint density at radius 2 is 2.13 bits per heavy atom. The van der Waals surface area contributed by atoms with E-state index in [1.54, 1.807) is 11.8 Å². The molecule has 1 unspecified atom stereocenters. The van der Waals surface area contributed by atoms with E-state index in [2.05, 4.69) is 15.9 Å². The lowest BCUT2D eigenvalue weighted by Gasteiger charge is -2.20. The second kappa shape index (κ2) is 5.17. The maximum Gasteiger partial charge on any atom is 0.176 e. The molecule has 0 N–H and O–H groups in total. The highest BCUT2D eigenvalue weighted by atomic mass is 79.9. The van der Waals surface area contributed by atoms with Gasteiger partial charge in [-0.3, -0.25) is 4.79 Å². The van der Waals surface area contributed by atoms with Crippen molar-refractivity contribution in [3.63, 3.8) is 0 Å². The van der Waals surface area contributed by atoms with Crippen LogP contribution < -0.4 is 0 Å². The van der Waals surface area contributed by atoms with Gasteiger partial charge < -0.3 is 0 Å². The Morgan fingerprint density at radius 1 is 1.33 bits per heavy atom. The number of hydrogen-bond donors (Lipinski definition) is 0. The molecular formula is C12H13BrOS. The zero-order valence-electron chi connectivity index (χ0n) is 8.41. The molecule has 3 heteroatoms. The zero-order chi connectivity index (χ0) is 10.7. The number of hydrogen-bond acceptors (Lipinski definition) is 2. The van der Waals surface area contributed by atoms with Crippen LogP contribution in [0.2, 0.25) is 0 Å². The Kier molecular flexibility index (Phi) is 3.87. The van der Waals surface area contributed by atoms with Gasteiger partial charge in [0.05, 0.1) is 5.25 Å². The molecule has 0 saturated carbocycles. The van der Waals surface area contributed by atoms with Crippen LogP contribution >= 0.6 is 27.7 Å². The highest BCUT2D eigenvalue weighted by molar-refractivity contribution is 9.10. The standard InChI is InChI=1S/C12H13BrOS/c13-10-6-2-1-5-9(10)12(14)11-7-3-4-8-15-11/h1-2,5-6,11H,3-4,7-8H2. The normalized spacial score (nSPS) is 21.3. The van der Waals surface area contributed by atoms with Crippen molar-refractivity contribution in [1.82, 2.24) is 0 Å². The van der Waals surface area contributed by atoms with Crippen molar-refractivity contribution in [2.45, 2.75) is 24.5 Å². The highest BCUT2D eigenvalue weighted by Gasteiger charge is 2.23. The van der Waals surface area contributed by atoms with Gasteiger partial charge in [0.1, 0.15) is 0 Å². The summed E-state index contributed by atoms with van der Waals surface area (Å²) in [6.45, 7) is 0. The van der Waals surface area contributed by atoms with Crippen molar-refractivity contribution in [3.8, 4) is 0 Å². The molecule has 1 saturated heterocycles. The highest BCUT2D eigenvalue weighted by Crippen LogP contribution is 2.29. The van der Waals surface area contributed by atoms with Crippen molar-refractivity contribution in [2.24, 2.45) is 0 Å². The van der Waals surface area contributed by atoms with Crippen LogP contribution in [0.25, 0.3) is 0 Å². The topological polar surface area (TPSA) is 17.1 Å². The summed E-state index contributed by atoms with van der Waals surface area (Å²) < 4.78 is 0.918. The Hall–Kier alpha value is -0.280. The van der Waals surface area contributed by atoms with E-state index in [4.69, 9.17) is 0 Å². The van der Waals surface area contributed by atoms with Crippen molar-refractivity contribution in [3.05, 3.63) is 34.3 Å². The van der Waals surface area contributed by atoms with Gasteiger partial charge in [-0.15, -0.1) is 0 Å². The van der Waals surface area contributed by atoms with Gasteiger partial charge >= 0.3 is 0 Å². The van der Waals surface area contributed by atoms with Gasteiger partial charge in [-0.1, -0.05) is 40.5 Å². The molecule has 1 nitrogen and oxygen atoms in total. The fraction of sp³-hybridized carbons (Fsp3) is 0.417. The van der Waals surface area contributed by atoms with Crippen LogP contribution in [0.5, 0.6) is 0 Å². The average molecular weight is 285 g/mol. The van der Waals surface area contributed by atoms with Crippen LogP contribution in [0.4, 0.5) is 0 Å². The first-order chi connectivity index (χ1) is 7.29. The summed E-state index contributed by atoms with van der Waals surface area (Å²) in [6, 6.07) is 7.70. The molecule has 2 rings (SSSR count). The van der Waals surface area contributed by atoms with Gasteiger partial charge in [-0.05, 0) is 24.7 Å². The molecule has 15 heavy (non-hydrogen) atoms. The summed E-state index contributed by atoms with van der Waals surface area (Å²) in [5, 5.41) is 0.178. The molecule has 80 valence electrons.